The van der Waals surface area contributed by atoms with Crippen molar-refractivity contribution in [2.45, 2.75) is 39.7 Å². The molecule has 152 valence electrons. The standard InChI is InChI=1S/C24H24N4O2/c1-14-8-9-19-16(10-14)11-18-23(26-19)25-13-28(24(18)30)12-21(29)22-15(2)27(3)20-7-5-4-6-17(20)22/h4-7,11,13-14H,8-10,12H2,1-3H3/t14-/m1/s1. The fourth-order valence-electron chi connectivity index (χ4n) is 4.64. The van der Waals surface area contributed by atoms with Crippen molar-refractivity contribution in [3.05, 3.63) is 69.5 Å². The maximum absolute atomic E-state index is 13.2. The van der Waals surface area contributed by atoms with Crippen molar-refractivity contribution in [1.29, 1.82) is 0 Å². The van der Waals surface area contributed by atoms with Gasteiger partial charge in [-0.1, -0.05) is 25.1 Å². The van der Waals surface area contributed by atoms with Crippen LogP contribution in [0.25, 0.3) is 21.9 Å². The number of nitrogens with zero attached hydrogens (tertiary/aromatic N) is 4. The molecular weight excluding hydrogens is 376 g/mol. The first-order valence-corrected chi connectivity index (χ1v) is 10.4. The van der Waals surface area contributed by atoms with E-state index in [4.69, 9.17) is 0 Å². The zero-order valence-corrected chi connectivity index (χ0v) is 17.5. The average Bonchev–Trinajstić information content (AvgIpc) is 3.00. The minimum Gasteiger partial charge on any atom is -0.347 e. The van der Waals surface area contributed by atoms with Gasteiger partial charge in [0.25, 0.3) is 5.56 Å². The van der Waals surface area contributed by atoms with Crippen molar-refractivity contribution in [3.63, 3.8) is 0 Å². The fraction of sp³-hybridized carbons (Fsp3) is 0.333. The molecular formula is C24H24N4O2. The van der Waals surface area contributed by atoms with Gasteiger partial charge in [-0.05, 0) is 49.8 Å². The van der Waals surface area contributed by atoms with E-state index in [9.17, 15) is 9.59 Å². The number of fused-ring (bicyclic) bond motifs is 3. The molecule has 0 bridgehead atoms. The number of rotatable bonds is 3. The number of benzene rings is 1. The number of hydrogen-bond donors (Lipinski definition) is 0. The molecule has 0 aliphatic heterocycles. The summed E-state index contributed by atoms with van der Waals surface area (Å²) in [4.78, 5) is 35.4. The molecule has 0 radical (unpaired) electrons. The molecule has 3 aromatic heterocycles. The lowest BCUT2D eigenvalue weighted by molar-refractivity contribution is 0.0971. The maximum Gasteiger partial charge on any atom is 0.263 e. The summed E-state index contributed by atoms with van der Waals surface area (Å²) in [6, 6.07) is 9.78. The third-order valence-corrected chi connectivity index (χ3v) is 6.42. The van der Waals surface area contributed by atoms with Crippen molar-refractivity contribution in [3.8, 4) is 0 Å². The molecule has 0 saturated carbocycles. The topological polar surface area (TPSA) is 69.8 Å². The zero-order chi connectivity index (χ0) is 21.0. The molecule has 1 aliphatic carbocycles. The van der Waals surface area contributed by atoms with Gasteiger partial charge in [0.2, 0.25) is 0 Å². The summed E-state index contributed by atoms with van der Waals surface area (Å²) in [6.07, 6.45) is 4.42. The summed E-state index contributed by atoms with van der Waals surface area (Å²) < 4.78 is 3.42. The highest BCUT2D eigenvalue weighted by molar-refractivity contribution is 6.09. The summed E-state index contributed by atoms with van der Waals surface area (Å²) in [7, 11) is 1.95. The van der Waals surface area contributed by atoms with Gasteiger partial charge in [-0.25, -0.2) is 9.97 Å². The second kappa shape index (κ2) is 6.90. The van der Waals surface area contributed by atoms with Gasteiger partial charge in [0, 0.05) is 34.9 Å². The quantitative estimate of drug-likeness (QED) is 0.493. The number of Topliss-reactive ketones (excluding diaryl/α,β-unsaturated/α-hetero) is 1. The summed E-state index contributed by atoms with van der Waals surface area (Å²) in [5.41, 5.74) is 5.01. The first-order valence-electron chi connectivity index (χ1n) is 10.4. The third kappa shape index (κ3) is 2.86. The van der Waals surface area contributed by atoms with Crippen LogP contribution < -0.4 is 5.56 Å². The van der Waals surface area contributed by atoms with E-state index in [2.05, 4.69) is 16.9 Å². The Labute approximate surface area is 174 Å². The number of aryl methyl sites for hydroxylation is 2. The van der Waals surface area contributed by atoms with Gasteiger partial charge in [0.1, 0.15) is 6.33 Å². The molecule has 0 N–H and O–H groups in total. The highest BCUT2D eigenvalue weighted by atomic mass is 16.1. The Bertz CT molecular complexity index is 1380. The van der Waals surface area contributed by atoms with Gasteiger partial charge >= 0.3 is 0 Å². The lowest BCUT2D eigenvalue weighted by Crippen LogP contribution is -2.26. The van der Waals surface area contributed by atoms with Crippen LogP contribution in [0.15, 0.2) is 41.5 Å². The van der Waals surface area contributed by atoms with E-state index in [1.165, 1.54) is 10.9 Å². The molecule has 0 fully saturated rings. The van der Waals surface area contributed by atoms with E-state index in [0.29, 0.717) is 22.5 Å². The van der Waals surface area contributed by atoms with Gasteiger partial charge in [0.15, 0.2) is 11.4 Å². The Hall–Kier alpha value is -3.28. The summed E-state index contributed by atoms with van der Waals surface area (Å²) >= 11 is 0. The molecule has 0 amide bonds. The predicted molar refractivity (Wildman–Crippen MR) is 117 cm³/mol. The monoisotopic (exact) mass is 400 g/mol. The van der Waals surface area contributed by atoms with E-state index in [0.717, 1.165) is 47.1 Å². The molecule has 6 heteroatoms. The first-order chi connectivity index (χ1) is 14.4. The van der Waals surface area contributed by atoms with Crippen molar-refractivity contribution in [1.82, 2.24) is 19.1 Å². The van der Waals surface area contributed by atoms with E-state index in [-0.39, 0.29) is 17.9 Å². The molecule has 0 spiro atoms. The maximum atomic E-state index is 13.2. The van der Waals surface area contributed by atoms with Gasteiger partial charge < -0.3 is 4.57 Å². The van der Waals surface area contributed by atoms with Crippen LogP contribution in [-0.2, 0) is 26.4 Å². The Kier molecular flexibility index (Phi) is 4.31. The fourth-order valence-corrected chi connectivity index (χ4v) is 4.64. The first kappa shape index (κ1) is 18.7. The van der Waals surface area contributed by atoms with E-state index in [1.807, 2.05) is 48.9 Å². The normalized spacial score (nSPS) is 16.2. The van der Waals surface area contributed by atoms with E-state index < -0.39 is 0 Å². The molecule has 1 aromatic carbocycles. The lowest BCUT2D eigenvalue weighted by atomic mass is 9.87. The Morgan fingerprint density at radius 1 is 1.23 bits per heavy atom. The smallest absolute Gasteiger partial charge is 0.263 e. The highest BCUT2D eigenvalue weighted by Crippen LogP contribution is 2.27. The van der Waals surface area contributed by atoms with Gasteiger partial charge in [-0.3, -0.25) is 14.2 Å². The van der Waals surface area contributed by atoms with Crippen LogP contribution in [0, 0.1) is 12.8 Å². The summed E-state index contributed by atoms with van der Waals surface area (Å²) in [6.45, 7) is 4.12. The van der Waals surface area contributed by atoms with E-state index >= 15 is 0 Å². The molecule has 3 heterocycles. The largest absolute Gasteiger partial charge is 0.347 e. The van der Waals surface area contributed by atoms with Crippen molar-refractivity contribution in [2.75, 3.05) is 0 Å². The third-order valence-electron chi connectivity index (χ3n) is 6.42. The molecule has 0 saturated heterocycles. The van der Waals surface area contributed by atoms with Crippen LogP contribution in [0.5, 0.6) is 0 Å². The molecule has 5 rings (SSSR count). The van der Waals surface area contributed by atoms with Gasteiger partial charge in [0.05, 0.1) is 11.9 Å². The Morgan fingerprint density at radius 3 is 2.87 bits per heavy atom. The SMILES string of the molecule is Cc1c(C(=O)Cn2cnc3nc4c(cc3c2=O)C[C@H](C)CC4)c2ccccc2n1C. The second-order valence-corrected chi connectivity index (χ2v) is 8.45. The van der Waals surface area contributed by atoms with Crippen LogP contribution in [0.4, 0.5) is 0 Å². The summed E-state index contributed by atoms with van der Waals surface area (Å²) in [5.74, 6) is 0.499. The number of para-hydroxylation sites is 1. The summed E-state index contributed by atoms with van der Waals surface area (Å²) in [5, 5.41) is 1.40. The highest BCUT2D eigenvalue weighted by Gasteiger charge is 2.21. The average molecular weight is 400 g/mol. The molecule has 0 unspecified atom stereocenters. The van der Waals surface area contributed by atoms with Crippen LogP contribution >= 0.6 is 0 Å². The number of carbonyl (C=O) groups excluding carboxylic acids is 1. The number of carbonyl (C=O) groups is 1. The Morgan fingerprint density at radius 2 is 2.03 bits per heavy atom. The van der Waals surface area contributed by atoms with Gasteiger partial charge in [-0.15, -0.1) is 0 Å². The van der Waals surface area contributed by atoms with Crippen molar-refractivity contribution >= 4 is 27.7 Å². The van der Waals surface area contributed by atoms with Gasteiger partial charge in [-0.2, -0.15) is 0 Å². The van der Waals surface area contributed by atoms with Crippen LogP contribution in [0.3, 0.4) is 0 Å². The van der Waals surface area contributed by atoms with Crippen molar-refractivity contribution in [2.24, 2.45) is 13.0 Å². The molecule has 1 aliphatic rings. The minimum atomic E-state index is -0.209. The number of aromatic nitrogens is 4. The molecule has 6 nitrogen and oxygen atoms in total. The van der Waals surface area contributed by atoms with E-state index in [1.54, 1.807) is 0 Å². The second-order valence-electron chi connectivity index (χ2n) is 8.45. The number of pyridine rings is 1. The molecule has 4 aromatic rings. The molecule has 1 atom stereocenters. The van der Waals surface area contributed by atoms with Crippen molar-refractivity contribution < 1.29 is 4.79 Å². The van der Waals surface area contributed by atoms with Crippen LogP contribution in [-0.4, -0.2) is 24.9 Å². The molecule has 30 heavy (non-hydrogen) atoms. The Balaban J connectivity index is 1.56. The number of hydrogen-bond acceptors (Lipinski definition) is 4. The zero-order valence-electron chi connectivity index (χ0n) is 17.5. The number of ketones is 1. The van der Waals surface area contributed by atoms with Crippen LogP contribution in [0.1, 0.15) is 40.7 Å². The lowest BCUT2D eigenvalue weighted by Gasteiger charge is -2.20. The predicted octanol–water partition coefficient (Wildman–Crippen LogP) is 3.60. The van der Waals surface area contributed by atoms with Crippen LogP contribution in [0.2, 0.25) is 0 Å². The minimum absolute atomic E-state index is 0.0376.